The summed E-state index contributed by atoms with van der Waals surface area (Å²) in [7, 11) is 0. The van der Waals surface area contributed by atoms with Crippen molar-refractivity contribution >= 4 is 6.09 Å². The van der Waals surface area contributed by atoms with Gasteiger partial charge in [0.05, 0.1) is 12.7 Å². The maximum absolute atomic E-state index is 12.1. The molecule has 0 aromatic carbocycles. The Balaban J connectivity index is 1.89. The van der Waals surface area contributed by atoms with E-state index in [1.807, 2.05) is 20.8 Å². The Labute approximate surface area is 139 Å². The van der Waals surface area contributed by atoms with Gasteiger partial charge in [0.1, 0.15) is 5.60 Å². The van der Waals surface area contributed by atoms with Crippen molar-refractivity contribution < 1.29 is 19.7 Å². The molecule has 2 atom stereocenters. The lowest BCUT2D eigenvalue weighted by Crippen LogP contribution is -2.53. The number of likely N-dealkylation sites (tertiary alicyclic amines) is 1. The summed E-state index contributed by atoms with van der Waals surface area (Å²) < 4.78 is 5.43. The molecule has 6 nitrogen and oxygen atoms in total. The zero-order chi connectivity index (χ0) is 17.0. The molecule has 6 heteroatoms. The standard InChI is InChI=1S/C17H32N2O4/c1-17(2,3)23-16(22)18-9-7-13(8-10-18)19(11-12-20)14-5-4-6-15(14)21/h13-15,20-21H,4-12H2,1-3H3/t14-,15-/m1/s1. The Morgan fingerprint density at radius 1 is 1.22 bits per heavy atom. The monoisotopic (exact) mass is 328 g/mol. The summed E-state index contributed by atoms with van der Waals surface area (Å²) in [6.07, 6.45) is 4.09. The topological polar surface area (TPSA) is 73.2 Å². The predicted molar refractivity (Wildman–Crippen MR) is 88.3 cm³/mol. The van der Waals surface area contributed by atoms with Crippen LogP contribution in [0, 0.1) is 0 Å². The number of hydrogen-bond donors (Lipinski definition) is 2. The van der Waals surface area contributed by atoms with Crippen molar-refractivity contribution in [3.05, 3.63) is 0 Å². The van der Waals surface area contributed by atoms with Gasteiger partial charge in [-0.2, -0.15) is 0 Å². The van der Waals surface area contributed by atoms with Gasteiger partial charge in [-0.1, -0.05) is 0 Å². The van der Waals surface area contributed by atoms with E-state index in [2.05, 4.69) is 4.90 Å². The van der Waals surface area contributed by atoms with Crippen molar-refractivity contribution in [3.63, 3.8) is 0 Å². The van der Waals surface area contributed by atoms with Crippen LogP contribution < -0.4 is 0 Å². The number of aliphatic hydroxyl groups is 2. The van der Waals surface area contributed by atoms with Gasteiger partial charge in [0.25, 0.3) is 0 Å². The van der Waals surface area contributed by atoms with E-state index in [9.17, 15) is 15.0 Å². The molecule has 2 N–H and O–H groups in total. The fraction of sp³-hybridized carbons (Fsp3) is 0.941. The quantitative estimate of drug-likeness (QED) is 0.820. The Bertz CT molecular complexity index is 389. The zero-order valence-corrected chi connectivity index (χ0v) is 14.7. The molecule has 2 rings (SSSR count). The second-order valence-corrected chi connectivity index (χ2v) is 7.73. The molecule has 0 spiro atoms. The molecule has 1 aliphatic carbocycles. The second kappa shape index (κ2) is 7.81. The van der Waals surface area contributed by atoms with Crippen LogP contribution in [-0.4, -0.2) is 76.1 Å². The Morgan fingerprint density at radius 3 is 2.35 bits per heavy atom. The summed E-state index contributed by atoms with van der Waals surface area (Å²) in [4.78, 5) is 16.2. The van der Waals surface area contributed by atoms with E-state index in [1.165, 1.54) is 0 Å². The lowest BCUT2D eigenvalue weighted by molar-refractivity contribution is -0.00516. The SMILES string of the molecule is CC(C)(C)OC(=O)N1CCC(N(CCO)[C@@H]2CCC[C@H]2O)CC1. The van der Waals surface area contributed by atoms with E-state index in [0.717, 1.165) is 32.1 Å². The van der Waals surface area contributed by atoms with Gasteiger partial charge in [-0.25, -0.2) is 4.79 Å². The first-order valence-electron chi connectivity index (χ1n) is 8.84. The third kappa shape index (κ3) is 5.06. The molecule has 1 saturated heterocycles. The molecule has 0 unspecified atom stereocenters. The highest BCUT2D eigenvalue weighted by atomic mass is 16.6. The van der Waals surface area contributed by atoms with Crippen LogP contribution in [0.15, 0.2) is 0 Å². The fourth-order valence-corrected chi connectivity index (χ4v) is 3.75. The van der Waals surface area contributed by atoms with Crippen LogP contribution in [0.4, 0.5) is 4.79 Å². The first-order chi connectivity index (χ1) is 10.8. The average molecular weight is 328 g/mol. The van der Waals surface area contributed by atoms with Crippen LogP contribution in [0.1, 0.15) is 52.9 Å². The number of carbonyl (C=O) groups is 1. The van der Waals surface area contributed by atoms with E-state index in [-0.39, 0.29) is 24.8 Å². The molecule has 2 fully saturated rings. The fourth-order valence-electron chi connectivity index (χ4n) is 3.75. The maximum Gasteiger partial charge on any atom is 0.410 e. The summed E-state index contributed by atoms with van der Waals surface area (Å²) in [5, 5.41) is 19.6. The molecular weight excluding hydrogens is 296 g/mol. The molecule has 134 valence electrons. The van der Waals surface area contributed by atoms with Gasteiger partial charge >= 0.3 is 6.09 Å². The second-order valence-electron chi connectivity index (χ2n) is 7.73. The molecule has 2 aliphatic rings. The zero-order valence-electron chi connectivity index (χ0n) is 14.7. The van der Waals surface area contributed by atoms with Crippen LogP contribution in [-0.2, 0) is 4.74 Å². The number of piperidine rings is 1. The van der Waals surface area contributed by atoms with Gasteiger partial charge < -0.3 is 19.8 Å². The molecule has 0 radical (unpaired) electrons. The minimum absolute atomic E-state index is 0.107. The van der Waals surface area contributed by atoms with Gasteiger partial charge in [-0.15, -0.1) is 0 Å². The first-order valence-corrected chi connectivity index (χ1v) is 8.84. The molecule has 0 bridgehead atoms. The third-order valence-corrected chi connectivity index (χ3v) is 4.81. The van der Waals surface area contributed by atoms with Gasteiger partial charge in [0, 0.05) is 31.7 Å². The van der Waals surface area contributed by atoms with Crippen LogP contribution >= 0.6 is 0 Å². The van der Waals surface area contributed by atoms with E-state index in [0.29, 0.717) is 25.7 Å². The van der Waals surface area contributed by atoms with Crippen LogP contribution in [0.5, 0.6) is 0 Å². The summed E-state index contributed by atoms with van der Waals surface area (Å²) in [6.45, 7) is 7.68. The van der Waals surface area contributed by atoms with E-state index in [4.69, 9.17) is 4.74 Å². The van der Waals surface area contributed by atoms with Gasteiger partial charge in [0.15, 0.2) is 0 Å². The number of rotatable bonds is 4. The summed E-state index contributed by atoms with van der Waals surface area (Å²) in [5.74, 6) is 0. The largest absolute Gasteiger partial charge is 0.444 e. The number of carbonyl (C=O) groups excluding carboxylic acids is 1. The van der Waals surface area contributed by atoms with Gasteiger partial charge in [-0.3, -0.25) is 4.90 Å². The van der Waals surface area contributed by atoms with Crippen molar-refractivity contribution in [2.45, 2.75) is 76.7 Å². The Hall–Kier alpha value is -0.850. The predicted octanol–water partition coefficient (Wildman–Crippen LogP) is 1.59. The van der Waals surface area contributed by atoms with Gasteiger partial charge in [0.2, 0.25) is 0 Å². The third-order valence-electron chi connectivity index (χ3n) is 4.81. The molecule has 0 aromatic rings. The van der Waals surface area contributed by atoms with Crippen molar-refractivity contribution in [3.8, 4) is 0 Å². The number of hydrogen-bond acceptors (Lipinski definition) is 5. The molecule has 0 aromatic heterocycles. The van der Waals surface area contributed by atoms with Crippen molar-refractivity contribution in [1.29, 1.82) is 0 Å². The molecule has 23 heavy (non-hydrogen) atoms. The molecule has 1 saturated carbocycles. The van der Waals surface area contributed by atoms with Crippen molar-refractivity contribution in [2.24, 2.45) is 0 Å². The lowest BCUT2D eigenvalue weighted by Gasteiger charge is -2.42. The summed E-state index contributed by atoms with van der Waals surface area (Å²) in [6, 6.07) is 0.471. The molecule has 1 aliphatic heterocycles. The number of ether oxygens (including phenoxy) is 1. The Kier molecular flexibility index (Phi) is 6.28. The summed E-state index contributed by atoms with van der Waals surface area (Å²) in [5.41, 5.74) is -0.467. The number of aliphatic hydroxyl groups excluding tert-OH is 2. The number of amides is 1. The van der Waals surface area contributed by atoms with E-state index < -0.39 is 5.60 Å². The van der Waals surface area contributed by atoms with Crippen LogP contribution in [0.3, 0.4) is 0 Å². The highest BCUT2D eigenvalue weighted by Crippen LogP contribution is 2.29. The molecular formula is C17H32N2O4. The van der Waals surface area contributed by atoms with Gasteiger partial charge in [-0.05, 0) is 52.9 Å². The minimum atomic E-state index is -0.467. The Morgan fingerprint density at radius 2 is 1.87 bits per heavy atom. The van der Waals surface area contributed by atoms with Crippen molar-refractivity contribution in [2.75, 3.05) is 26.2 Å². The van der Waals surface area contributed by atoms with E-state index in [1.54, 1.807) is 4.90 Å². The normalized spacial score (nSPS) is 26.8. The van der Waals surface area contributed by atoms with Crippen LogP contribution in [0.25, 0.3) is 0 Å². The van der Waals surface area contributed by atoms with E-state index >= 15 is 0 Å². The minimum Gasteiger partial charge on any atom is -0.444 e. The molecule has 1 heterocycles. The first kappa shape index (κ1) is 18.5. The average Bonchev–Trinajstić information content (AvgIpc) is 2.89. The smallest absolute Gasteiger partial charge is 0.410 e. The molecule has 1 amide bonds. The number of nitrogens with zero attached hydrogens (tertiary/aromatic N) is 2. The van der Waals surface area contributed by atoms with Crippen molar-refractivity contribution in [1.82, 2.24) is 9.80 Å². The van der Waals surface area contributed by atoms with Crippen LogP contribution in [0.2, 0.25) is 0 Å². The highest BCUT2D eigenvalue weighted by Gasteiger charge is 2.36. The maximum atomic E-state index is 12.1. The highest BCUT2D eigenvalue weighted by molar-refractivity contribution is 5.68. The lowest BCUT2D eigenvalue weighted by atomic mass is 10.00. The summed E-state index contributed by atoms with van der Waals surface area (Å²) >= 11 is 0.